The minimum absolute atomic E-state index is 0.413. The second-order valence-corrected chi connectivity index (χ2v) is 6.51. The zero-order chi connectivity index (χ0) is 9.90. The Labute approximate surface area is 81.6 Å². The van der Waals surface area contributed by atoms with Crippen molar-refractivity contribution in [2.75, 3.05) is 11.5 Å². The molecular formula is C10H20O2S. The normalized spacial score (nSPS) is 33.1. The zero-order valence-electron chi connectivity index (χ0n) is 8.62. The van der Waals surface area contributed by atoms with Gasteiger partial charge in [0.25, 0.3) is 0 Å². The molecule has 0 amide bonds. The van der Waals surface area contributed by atoms with E-state index in [0.29, 0.717) is 23.3 Å². The highest BCUT2D eigenvalue weighted by atomic mass is 32.2. The third kappa shape index (κ3) is 3.29. The molecule has 3 heteroatoms. The fourth-order valence-corrected chi connectivity index (χ4v) is 4.05. The Kier molecular flexibility index (Phi) is 3.77. The van der Waals surface area contributed by atoms with Crippen molar-refractivity contribution in [1.82, 2.24) is 0 Å². The van der Waals surface area contributed by atoms with Crippen molar-refractivity contribution >= 4 is 9.84 Å². The quantitative estimate of drug-likeness (QED) is 0.706. The summed E-state index contributed by atoms with van der Waals surface area (Å²) in [6.45, 7) is 4.34. The van der Waals surface area contributed by atoms with Crippen molar-refractivity contribution in [2.45, 2.75) is 39.5 Å². The molecule has 0 saturated carbocycles. The van der Waals surface area contributed by atoms with Crippen molar-refractivity contribution < 1.29 is 8.42 Å². The first-order chi connectivity index (χ1) is 6.05. The van der Waals surface area contributed by atoms with Gasteiger partial charge in [-0.05, 0) is 24.7 Å². The maximum Gasteiger partial charge on any atom is 0.150 e. The number of hydrogen-bond donors (Lipinski definition) is 0. The van der Waals surface area contributed by atoms with Crippen LogP contribution in [0.5, 0.6) is 0 Å². The lowest BCUT2D eigenvalue weighted by atomic mass is 9.89. The Balaban J connectivity index is 2.50. The largest absolute Gasteiger partial charge is 0.229 e. The molecule has 1 aliphatic rings. The van der Waals surface area contributed by atoms with Crippen molar-refractivity contribution in [3.05, 3.63) is 0 Å². The molecule has 0 spiro atoms. The van der Waals surface area contributed by atoms with E-state index in [1.165, 1.54) is 12.8 Å². The van der Waals surface area contributed by atoms with E-state index in [1.807, 2.05) is 0 Å². The van der Waals surface area contributed by atoms with E-state index in [9.17, 15) is 8.42 Å². The molecule has 1 heterocycles. The van der Waals surface area contributed by atoms with E-state index in [-0.39, 0.29) is 0 Å². The fraction of sp³-hybridized carbons (Fsp3) is 1.00. The highest BCUT2D eigenvalue weighted by molar-refractivity contribution is 7.91. The first-order valence-corrected chi connectivity index (χ1v) is 7.07. The minimum Gasteiger partial charge on any atom is -0.229 e. The van der Waals surface area contributed by atoms with Gasteiger partial charge >= 0.3 is 0 Å². The van der Waals surface area contributed by atoms with Crippen molar-refractivity contribution in [3.8, 4) is 0 Å². The minimum atomic E-state index is -2.70. The lowest BCUT2D eigenvalue weighted by molar-refractivity contribution is 0.333. The number of rotatable bonds is 3. The Bertz CT molecular complexity index is 244. The molecule has 2 atom stereocenters. The summed E-state index contributed by atoms with van der Waals surface area (Å²) in [7, 11) is -2.70. The van der Waals surface area contributed by atoms with Crippen LogP contribution in [-0.2, 0) is 9.84 Å². The molecule has 0 N–H and O–H groups in total. The summed E-state index contributed by atoms with van der Waals surface area (Å²) in [4.78, 5) is 0. The molecule has 1 saturated heterocycles. The average Bonchev–Trinajstić information content (AvgIpc) is 2.07. The predicted octanol–water partition coefficient (Wildman–Crippen LogP) is 2.25. The van der Waals surface area contributed by atoms with Crippen LogP contribution in [0.25, 0.3) is 0 Å². The molecular weight excluding hydrogens is 184 g/mol. The lowest BCUT2D eigenvalue weighted by Crippen LogP contribution is -2.31. The molecule has 78 valence electrons. The van der Waals surface area contributed by atoms with E-state index < -0.39 is 9.84 Å². The van der Waals surface area contributed by atoms with Crippen molar-refractivity contribution in [1.29, 1.82) is 0 Å². The maximum atomic E-state index is 11.4. The standard InChI is InChI=1S/C10H20O2S/c1-3-4-5-10-8-13(11,12)7-6-9(10)2/h9-10H,3-8H2,1-2H3. The van der Waals surface area contributed by atoms with Crippen molar-refractivity contribution in [3.63, 3.8) is 0 Å². The summed E-state index contributed by atoms with van der Waals surface area (Å²) in [5, 5.41) is 0. The molecule has 2 nitrogen and oxygen atoms in total. The van der Waals surface area contributed by atoms with Crippen LogP contribution in [0.1, 0.15) is 39.5 Å². The molecule has 0 aromatic heterocycles. The highest BCUT2D eigenvalue weighted by Crippen LogP contribution is 2.28. The van der Waals surface area contributed by atoms with Crippen LogP contribution in [0.2, 0.25) is 0 Å². The van der Waals surface area contributed by atoms with Gasteiger partial charge in [0.1, 0.15) is 0 Å². The van der Waals surface area contributed by atoms with Crippen LogP contribution >= 0.6 is 0 Å². The van der Waals surface area contributed by atoms with Gasteiger partial charge in [-0.3, -0.25) is 0 Å². The summed E-state index contributed by atoms with van der Waals surface area (Å²) in [6, 6.07) is 0. The third-order valence-electron chi connectivity index (χ3n) is 3.09. The molecule has 13 heavy (non-hydrogen) atoms. The van der Waals surface area contributed by atoms with Crippen LogP contribution in [-0.4, -0.2) is 19.9 Å². The van der Waals surface area contributed by atoms with Gasteiger partial charge < -0.3 is 0 Å². The van der Waals surface area contributed by atoms with E-state index in [0.717, 1.165) is 12.8 Å². The summed E-state index contributed by atoms with van der Waals surface area (Å²) < 4.78 is 22.7. The molecule has 0 radical (unpaired) electrons. The van der Waals surface area contributed by atoms with E-state index >= 15 is 0 Å². The second-order valence-electron chi connectivity index (χ2n) is 4.28. The number of unbranched alkanes of at least 4 members (excludes halogenated alkanes) is 1. The lowest BCUT2D eigenvalue weighted by Gasteiger charge is -2.28. The van der Waals surface area contributed by atoms with Gasteiger partial charge in [-0.2, -0.15) is 0 Å². The first kappa shape index (κ1) is 11.0. The van der Waals surface area contributed by atoms with Gasteiger partial charge in [-0.15, -0.1) is 0 Å². The van der Waals surface area contributed by atoms with Gasteiger partial charge in [0, 0.05) is 0 Å². The highest BCUT2D eigenvalue weighted by Gasteiger charge is 2.29. The smallest absolute Gasteiger partial charge is 0.150 e. The summed E-state index contributed by atoms with van der Waals surface area (Å²) >= 11 is 0. The van der Waals surface area contributed by atoms with Crippen molar-refractivity contribution in [2.24, 2.45) is 11.8 Å². The molecule has 0 aliphatic carbocycles. The molecule has 1 aliphatic heterocycles. The Hall–Kier alpha value is -0.0500. The van der Waals surface area contributed by atoms with Gasteiger partial charge in [-0.1, -0.05) is 26.7 Å². The molecule has 1 rings (SSSR count). The fourth-order valence-electron chi connectivity index (χ4n) is 2.01. The van der Waals surface area contributed by atoms with Gasteiger partial charge in [0.15, 0.2) is 9.84 Å². The SMILES string of the molecule is CCCCC1CS(=O)(=O)CCC1C. The number of sulfone groups is 1. The van der Waals surface area contributed by atoms with Gasteiger partial charge in [-0.25, -0.2) is 8.42 Å². The second kappa shape index (κ2) is 4.45. The zero-order valence-corrected chi connectivity index (χ0v) is 9.44. The van der Waals surface area contributed by atoms with Crippen LogP contribution in [0.3, 0.4) is 0 Å². The van der Waals surface area contributed by atoms with Crippen LogP contribution in [0, 0.1) is 11.8 Å². The van der Waals surface area contributed by atoms with Gasteiger partial charge in [0.2, 0.25) is 0 Å². The molecule has 1 fully saturated rings. The van der Waals surface area contributed by atoms with E-state index in [2.05, 4.69) is 13.8 Å². The average molecular weight is 204 g/mol. The van der Waals surface area contributed by atoms with Crippen LogP contribution in [0.15, 0.2) is 0 Å². The summed E-state index contributed by atoms with van der Waals surface area (Å²) in [5.41, 5.74) is 0. The first-order valence-electron chi connectivity index (χ1n) is 5.25. The summed E-state index contributed by atoms with van der Waals surface area (Å²) in [5.74, 6) is 1.89. The van der Waals surface area contributed by atoms with E-state index in [4.69, 9.17) is 0 Å². The van der Waals surface area contributed by atoms with E-state index in [1.54, 1.807) is 0 Å². The molecule has 0 aromatic rings. The molecule has 0 aromatic carbocycles. The molecule has 2 unspecified atom stereocenters. The van der Waals surface area contributed by atoms with Gasteiger partial charge in [0.05, 0.1) is 11.5 Å². The summed E-state index contributed by atoms with van der Waals surface area (Å²) in [6.07, 6.45) is 4.31. The Morgan fingerprint density at radius 3 is 2.69 bits per heavy atom. The molecule has 0 bridgehead atoms. The Morgan fingerprint density at radius 2 is 2.08 bits per heavy atom. The van der Waals surface area contributed by atoms with Crippen LogP contribution < -0.4 is 0 Å². The predicted molar refractivity (Wildman–Crippen MR) is 55.4 cm³/mol. The number of hydrogen-bond acceptors (Lipinski definition) is 2. The van der Waals surface area contributed by atoms with Crippen LogP contribution in [0.4, 0.5) is 0 Å². The monoisotopic (exact) mass is 204 g/mol. The third-order valence-corrected chi connectivity index (χ3v) is 4.88. The maximum absolute atomic E-state index is 11.4. The topological polar surface area (TPSA) is 34.1 Å². The Morgan fingerprint density at radius 1 is 1.38 bits per heavy atom.